The lowest BCUT2D eigenvalue weighted by atomic mass is 10.0. The Balaban J connectivity index is 1.50. The Bertz CT molecular complexity index is 918. The first kappa shape index (κ1) is 14.9. The van der Waals surface area contributed by atoms with E-state index in [4.69, 9.17) is 0 Å². The molecule has 0 saturated carbocycles. The Morgan fingerprint density at radius 3 is 2.76 bits per heavy atom. The maximum atomic E-state index is 11.9. The largest absolute Gasteiger partial charge is 0.356 e. The molecule has 3 fully saturated rings. The van der Waals surface area contributed by atoms with Gasteiger partial charge in [0.15, 0.2) is 0 Å². The molecule has 3 heterocycles. The molecule has 5 nitrogen and oxygen atoms in total. The number of hydrogen-bond donors (Lipinski definition) is 1. The van der Waals surface area contributed by atoms with Crippen LogP contribution in [0.3, 0.4) is 0 Å². The number of rotatable bonds is 2. The van der Waals surface area contributed by atoms with E-state index in [-0.39, 0.29) is 11.8 Å². The summed E-state index contributed by atoms with van der Waals surface area (Å²) in [7, 11) is 0. The van der Waals surface area contributed by atoms with Crippen molar-refractivity contribution in [3.63, 3.8) is 0 Å². The molecule has 3 aliphatic rings. The zero-order valence-electron chi connectivity index (χ0n) is 14.1. The summed E-state index contributed by atoms with van der Waals surface area (Å²) in [6.45, 7) is 3.51. The lowest BCUT2D eigenvalue weighted by Gasteiger charge is -2.33. The standard InChI is InChI=1S/C20H20N4O/c1-12(25)20-18-8-16(22-20)19-10-23(11-24(18)19)17-7-6-13(9-21)14-4-2-3-5-15(14)17/h2-7,16,18-20,22H,8,10-11H2,1H3. The Morgan fingerprint density at radius 2 is 2.00 bits per heavy atom. The van der Waals surface area contributed by atoms with Crippen molar-refractivity contribution in [2.24, 2.45) is 0 Å². The van der Waals surface area contributed by atoms with Crippen LogP contribution in [0.2, 0.25) is 0 Å². The summed E-state index contributed by atoms with van der Waals surface area (Å²) < 4.78 is 0. The number of nitrogens with zero attached hydrogens (tertiary/aromatic N) is 3. The van der Waals surface area contributed by atoms with Crippen LogP contribution in [0.4, 0.5) is 5.69 Å². The van der Waals surface area contributed by atoms with Gasteiger partial charge in [-0.05, 0) is 25.5 Å². The second-order valence-corrected chi connectivity index (χ2v) is 7.40. The summed E-state index contributed by atoms with van der Waals surface area (Å²) >= 11 is 0. The zero-order valence-corrected chi connectivity index (χ0v) is 14.1. The van der Waals surface area contributed by atoms with Gasteiger partial charge in [0.1, 0.15) is 5.78 Å². The third kappa shape index (κ3) is 2.05. The van der Waals surface area contributed by atoms with Crippen LogP contribution in [-0.2, 0) is 4.79 Å². The lowest BCUT2D eigenvalue weighted by Crippen LogP contribution is -2.57. The highest BCUT2D eigenvalue weighted by molar-refractivity contribution is 5.98. The number of hydrogen-bond acceptors (Lipinski definition) is 5. The number of nitrogens with one attached hydrogen (secondary N) is 1. The van der Waals surface area contributed by atoms with Gasteiger partial charge < -0.3 is 10.2 Å². The van der Waals surface area contributed by atoms with Crippen LogP contribution in [0.5, 0.6) is 0 Å². The van der Waals surface area contributed by atoms with Gasteiger partial charge in [0.2, 0.25) is 0 Å². The molecule has 0 spiro atoms. The average Bonchev–Trinajstić information content (AvgIpc) is 3.31. The number of Topliss-reactive ketones (excluding diaryl/α,β-unsaturated/α-hetero) is 1. The second kappa shape index (κ2) is 5.29. The fourth-order valence-corrected chi connectivity index (χ4v) is 5.02. The number of carbonyl (C=O) groups excluding carboxylic acids is 1. The Hall–Kier alpha value is -2.42. The van der Waals surface area contributed by atoms with E-state index in [0.29, 0.717) is 18.1 Å². The van der Waals surface area contributed by atoms with E-state index < -0.39 is 0 Å². The minimum Gasteiger partial charge on any atom is -0.356 e. The van der Waals surface area contributed by atoms with Crippen molar-refractivity contribution in [1.29, 1.82) is 5.26 Å². The third-order valence-electron chi connectivity index (χ3n) is 6.13. The summed E-state index contributed by atoms with van der Waals surface area (Å²) in [6.07, 6.45) is 1.08. The summed E-state index contributed by atoms with van der Waals surface area (Å²) in [5, 5.41) is 15.0. The molecule has 3 aliphatic heterocycles. The van der Waals surface area contributed by atoms with E-state index in [2.05, 4.69) is 33.3 Å². The molecule has 3 saturated heterocycles. The van der Waals surface area contributed by atoms with E-state index in [9.17, 15) is 10.1 Å². The van der Waals surface area contributed by atoms with Crippen LogP contribution in [0, 0.1) is 11.3 Å². The molecule has 2 bridgehead atoms. The summed E-state index contributed by atoms with van der Waals surface area (Å²) in [5.74, 6) is 0.244. The molecule has 25 heavy (non-hydrogen) atoms. The van der Waals surface area contributed by atoms with Crippen LogP contribution < -0.4 is 10.2 Å². The monoisotopic (exact) mass is 332 g/mol. The Kier molecular flexibility index (Phi) is 3.15. The van der Waals surface area contributed by atoms with Gasteiger partial charge in [-0.2, -0.15) is 5.26 Å². The van der Waals surface area contributed by atoms with Gasteiger partial charge in [-0.3, -0.25) is 9.69 Å². The molecule has 0 aliphatic carbocycles. The first-order valence-electron chi connectivity index (χ1n) is 8.86. The van der Waals surface area contributed by atoms with Crippen molar-refractivity contribution in [3.8, 4) is 6.07 Å². The van der Waals surface area contributed by atoms with E-state index in [1.54, 1.807) is 6.92 Å². The molecular formula is C20H20N4O. The quantitative estimate of drug-likeness (QED) is 0.910. The number of ketones is 1. The number of fused-ring (bicyclic) bond motifs is 6. The number of nitriles is 1. The van der Waals surface area contributed by atoms with Gasteiger partial charge in [0.05, 0.1) is 24.3 Å². The average molecular weight is 332 g/mol. The maximum Gasteiger partial charge on any atom is 0.148 e. The summed E-state index contributed by atoms with van der Waals surface area (Å²) in [4.78, 5) is 16.8. The predicted molar refractivity (Wildman–Crippen MR) is 96.3 cm³/mol. The number of piperazine rings is 1. The molecule has 0 amide bonds. The molecule has 4 unspecified atom stereocenters. The van der Waals surface area contributed by atoms with Crippen molar-refractivity contribution in [2.75, 3.05) is 18.1 Å². The molecule has 0 radical (unpaired) electrons. The molecule has 5 rings (SSSR count). The maximum absolute atomic E-state index is 11.9. The predicted octanol–water partition coefficient (Wildman–Crippen LogP) is 1.86. The van der Waals surface area contributed by atoms with Crippen LogP contribution in [-0.4, -0.2) is 48.1 Å². The molecule has 2 aromatic rings. The van der Waals surface area contributed by atoms with E-state index in [0.717, 1.165) is 36.0 Å². The van der Waals surface area contributed by atoms with Crippen LogP contribution in [0.25, 0.3) is 10.8 Å². The molecular weight excluding hydrogens is 312 g/mol. The number of anilines is 1. The van der Waals surface area contributed by atoms with Crippen molar-refractivity contribution < 1.29 is 4.79 Å². The highest BCUT2D eigenvalue weighted by atomic mass is 16.1. The molecule has 2 aromatic carbocycles. The summed E-state index contributed by atoms with van der Waals surface area (Å²) in [5.41, 5.74) is 1.90. The molecule has 126 valence electrons. The van der Waals surface area contributed by atoms with Crippen molar-refractivity contribution in [2.45, 2.75) is 37.5 Å². The smallest absolute Gasteiger partial charge is 0.148 e. The molecule has 4 atom stereocenters. The topological polar surface area (TPSA) is 59.4 Å². The van der Waals surface area contributed by atoms with E-state index in [1.165, 1.54) is 5.69 Å². The van der Waals surface area contributed by atoms with Crippen molar-refractivity contribution in [1.82, 2.24) is 10.2 Å². The zero-order chi connectivity index (χ0) is 17.1. The first-order valence-corrected chi connectivity index (χ1v) is 8.86. The summed E-state index contributed by atoms with van der Waals surface area (Å²) in [6, 6.07) is 15.6. The third-order valence-corrected chi connectivity index (χ3v) is 6.13. The van der Waals surface area contributed by atoms with Gasteiger partial charge >= 0.3 is 0 Å². The van der Waals surface area contributed by atoms with Crippen molar-refractivity contribution >= 4 is 22.2 Å². The fourth-order valence-electron chi connectivity index (χ4n) is 5.02. The normalized spacial score (nSPS) is 30.6. The first-order chi connectivity index (χ1) is 12.2. The van der Waals surface area contributed by atoms with Crippen LogP contribution >= 0.6 is 0 Å². The molecule has 1 N–H and O–H groups in total. The van der Waals surface area contributed by atoms with Crippen LogP contribution in [0.1, 0.15) is 18.9 Å². The van der Waals surface area contributed by atoms with E-state index in [1.807, 2.05) is 24.3 Å². The van der Waals surface area contributed by atoms with Crippen LogP contribution in [0.15, 0.2) is 36.4 Å². The van der Waals surface area contributed by atoms with Gasteiger partial charge in [-0.1, -0.05) is 24.3 Å². The van der Waals surface area contributed by atoms with E-state index >= 15 is 0 Å². The van der Waals surface area contributed by atoms with Gasteiger partial charge in [0.25, 0.3) is 0 Å². The van der Waals surface area contributed by atoms with Gasteiger partial charge in [-0.15, -0.1) is 0 Å². The second-order valence-electron chi connectivity index (χ2n) is 7.40. The minimum atomic E-state index is -0.0149. The molecule has 5 heteroatoms. The highest BCUT2D eigenvalue weighted by Gasteiger charge is 2.55. The van der Waals surface area contributed by atoms with Gasteiger partial charge in [0, 0.05) is 41.1 Å². The Morgan fingerprint density at radius 1 is 1.20 bits per heavy atom. The fraction of sp³-hybridized carbons (Fsp3) is 0.400. The van der Waals surface area contributed by atoms with Gasteiger partial charge in [-0.25, -0.2) is 0 Å². The Labute approximate surface area is 146 Å². The van der Waals surface area contributed by atoms with Crippen molar-refractivity contribution in [3.05, 3.63) is 42.0 Å². The highest BCUT2D eigenvalue weighted by Crippen LogP contribution is 2.40. The number of benzene rings is 2. The SMILES string of the molecule is CC(=O)C1NC2CC1N1CN(c3ccc(C#N)c4ccccc34)CC21. The minimum absolute atomic E-state index is 0.0149. The number of carbonyl (C=O) groups is 1. The molecule has 0 aromatic heterocycles. The lowest BCUT2D eigenvalue weighted by molar-refractivity contribution is -0.120.